The van der Waals surface area contributed by atoms with Crippen molar-refractivity contribution in [3.05, 3.63) is 29.3 Å². The summed E-state index contributed by atoms with van der Waals surface area (Å²) in [6.45, 7) is 5.73. The predicted octanol–water partition coefficient (Wildman–Crippen LogP) is 1.16. The second-order valence-corrected chi connectivity index (χ2v) is 9.99. The van der Waals surface area contributed by atoms with Crippen LogP contribution in [0.1, 0.15) is 26.2 Å². The van der Waals surface area contributed by atoms with E-state index in [1.807, 2.05) is 4.90 Å². The molecule has 2 amide bonds. The van der Waals surface area contributed by atoms with Gasteiger partial charge in [0.15, 0.2) is 0 Å². The Morgan fingerprint density at radius 2 is 1.57 bits per heavy atom. The van der Waals surface area contributed by atoms with Gasteiger partial charge >= 0.3 is 0 Å². The van der Waals surface area contributed by atoms with Crippen molar-refractivity contribution >= 4 is 33.4 Å². The molecule has 1 aromatic rings. The molecule has 0 saturated carbocycles. The highest BCUT2D eigenvalue weighted by Crippen LogP contribution is 2.15. The van der Waals surface area contributed by atoms with Crippen LogP contribution in [-0.2, 0) is 19.6 Å². The molecule has 2 heterocycles. The van der Waals surface area contributed by atoms with Crippen molar-refractivity contribution in [3.8, 4) is 0 Å². The van der Waals surface area contributed by atoms with Gasteiger partial charge in [0.2, 0.25) is 21.8 Å². The molecular weight excluding hydrogens is 428 g/mol. The van der Waals surface area contributed by atoms with E-state index in [2.05, 4.69) is 9.62 Å². The van der Waals surface area contributed by atoms with Gasteiger partial charge in [0, 0.05) is 44.3 Å². The van der Waals surface area contributed by atoms with Crippen LogP contribution in [0.4, 0.5) is 0 Å². The van der Waals surface area contributed by atoms with Gasteiger partial charge in [0.05, 0.1) is 17.5 Å². The van der Waals surface area contributed by atoms with Crippen molar-refractivity contribution in [2.45, 2.75) is 37.1 Å². The van der Waals surface area contributed by atoms with Crippen molar-refractivity contribution in [2.24, 2.45) is 0 Å². The zero-order valence-electron chi connectivity index (χ0n) is 17.2. The number of halogens is 1. The number of amides is 2. The Bertz CT molecular complexity index is 848. The molecule has 1 N–H and O–H groups in total. The summed E-state index contributed by atoms with van der Waals surface area (Å²) in [6.07, 6.45) is 3.32. The number of carbonyl (C=O) groups excluding carboxylic acids is 2. The van der Waals surface area contributed by atoms with Gasteiger partial charge in [-0.2, -0.15) is 4.72 Å². The van der Waals surface area contributed by atoms with E-state index in [0.29, 0.717) is 37.7 Å². The first-order chi connectivity index (χ1) is 14.3. The number of piperazine rings is 1. The highest BCUT2D eigenvalue weighted by Gasteiger charge is 2.29. The van der Waals surface area contributed by atoms with Crippen molar-refractivity contribution < 1.29 is 18.0 Å². The van der Waals surface area contributed by atoms with E-state index in [1.165, 1.54) is 30.7 Å². The van der Waals surface area contributed by atoms with E-state index in [-0.39, 0.29) is 16.7 Å². The van der Waals surface area contributed by atoms with Crippen LogP contribution in [0.15, 0.2) is 29.2 Å². The van der Waals surface area contributed by atoms with Crippen molar-refractivity contribution in [2.75, 3.05) is 45.8 Å². The molecule has 0 aliphatic carbocycles. The van der Waals surface area contributed by atoms with Gasteiger partial charge < -0.3 is 9.80 Å². The highest BCUT2D eigenvalue weighted by atomic mass is 35.5. The molecule has 10 heteroatoms. The molecule has 0 spiro atoms. The van der Waals surface area contributed by atoms with Gasteiger partial charge in [-0.05, 0) is 50.5 Å². The normalized spacial score (nSPS) is 19.5. The maximum absolute atomic E-state index is 12.7. The topological polar surface area (TPSA) is 90.0 Å². The summed E-state index contributed by atoms with van der Waals surface area (Å²) < 4.78 is 27.4. The minimum absolute atomic E-state index is 0.0626. The van der Waals surface area contributed by atoms with Gasteiger partial charge in [-0.3, -0.25) is 14.5 Å². The lowest BCUT2D eigenvalue weighted by Gasteiger charge is -2.37. The first-order valence-corrected chi connectivity index (χ1v) is 12.2. The van der Waals surface area contributed by atoms with Crippen molar-refractivity contribution in [1.29, 1.82) is 0 Å². The number of sulfonamides is 1. The first-order valence-electron chi connectivity index (χ1n) is 10.3. The molecule has 2 aliphatic rings. The largest absolute Gasteiger partial charge is 0.342 e. The first kappa shape index (κ1) is 23.0. The van der Waals surface area contributed by atoms with Crippen LogP contribution < -0.4 is 4.72 Å². The Hall–Kier alpha value is -1.68. The molecule has 8 nitrogen and oxygen atoms in total. The zero-order valence-corrected chi connectivity index (χ0v) is 18.8. The fourth-order valence-electron chi connectivity index (χ4n) is 3.80. The van der Waals surface area contributed by atoms with Gasteiger partial charge in [-0.15, -0.1) is 0 Å². The van der Waals surface area contributed by atoms with Crippen molar-refractivity contribution in [3.63, 3.8) is 0 Å². The molecular formula is C20H29ClN4O4S. The molecule has 2 fully saturated rings. The van der Waals surface area contributed by atoms with Crippen LogP contribution in [0.3, 0.4) is 0 Å². The molecule has 0 radical (unpaired) electrons. The lowest BCUT2D eigenvalue weighted by atomic mass is 10.1. The van der Waals surface area contributed by atoms with Crippen molar-refractivity contribution in [1.82, 2.24) is 19.4 Å². The van der Waals surface area contributed by atoms with Crippen LogP contribution in [0, 0.1) is 0 Å². The Labute approximate surface area is 183 Å². The second-order valence-electron chi connectivity index (χ2n) is 7.84. The molecule has 0 unspecified atom stereocenters. The molecule has 1 atom stereocenters. The van der Waals surface area contributed by atoms with Crippen LogP contribution in [0.25, 0.3) is 0 Å². The average molecular weight is 457 g/mol. The van der Waals surface area contributed by atoms with E-state index in [1.54, 1.807) is 11.8 Å². The maximum atomic E-state index is 12.7. The van der Waals surface area contributed by atoms with Gasteiger partial charge in [0.25, 0.3) is 0 Å². The minimum atomic E-state index is -3.82. The molecule has 2 aliphatic heterocycles. The SMILES string of the molecule is C[C@H](NS(=O)(=O)c1ccc(Cl)cc1)C(=O)N1CCN(CC(=O)N2CCCCC2)CC1. The monoisotopic (exact) mass is 456 g/mol. The van der Waals surface area contributed by atoms with E-state index in [4.69, 9.17) is 11.6 Å². The number of benzene rings is 1. The molecule has 0 bridgehead atoms. The predicted molar refractivity (Wildman–Crippen MR) is 115 cm³/mol. The number of nitrogens with zero attached hydrogens (tertiary/aromatic N) is 3. The zero-order chi connectivity index (χ0) is 21.7. The molecule has 3 rings (SSSR count). The number of hydrogen-bond acceptors (Lipinski definition) is 5. The van der Waals surface area contributed by atoms with E-state index in [9.17, 15) is 18.0 Å². The molecule has 0 aromatic heterocycles. The van der Waals surface area contributed by atoms with Crippen LogP contribution in [-0.4, -0.2) is 86.8 Å². The Kier molecular flexibility index (Phi) is 7.73. The quantitative estimate of drug-likeness (QED) is 0.693. The Morgan fingerprint density at radius 1 is 0.967 bits per heavy atom. The third-order valence-electron chi connectivity index (χ3n) is 5.58. The summed E-state index contributed by atoms with van der Waals surface area (Å²) in [5, 5.41) is 0.440. The summed E-state index contributed by atoms with van der Waals surface area (Å²) in [7, 11) is -3.82. The van der Waals surface area contributed by atoms with Crippen LogP contribution in [0.2, 0.25) is 5.02 Å². The maximum Gasteiger partial charge on any atom is 0.241 e. The van der Waals surface area contributed by atoms with Gasteiger partial charge in [-0.25, -0.2) is 8.42 Å². The molecule has 1 aromatic carbocycles. The number of nitrogens with one attached hydrogen (secondary N) is 1. The summed E-state index contributed by atoms with van der Waals surface area (Å²) in [5.41, 5.74) is 0. The second kappa shape index (κ2) is 10.1. The summed E-state index contributed by atoms with van der Waals surface area (Å²) in [6, 6.07) is 4.91. The van der Waals surface area contributed by atoms with Gasteiger partial charge in [0.1, 0.15) is 0 Å². The Balaban J connectivity index is 1.48. The van der Waals surface area contributed by atoms with Crippen LogP contribution in [0.5, 0.6) is 0 Å². The molecule has 30 heavy (non-hydrogen) atoms. The number of rotatable bonds is 6. The molecule has 2 saturated heterocycles. The Morgan fingerprint density at radius 3 is 2.17 bits per heavy atom. The van der Waals surface area contributed by atoms with E-state index >= 15 is 0 Å². The summed E-state index contributed by atoms with van der Waals surface area (Å²) in [5.74, 6) is -0.117. The average Bonchev–Trinajstić information content (AvgIpc) is 2.74. The number of hydrogen-bond donors (Lipinski definition) is 1. The smallest absolute Gasteiger partial charge is 0.241 e. The van der Waals surface area contributed by atoms with Gasteiger partial charge in [-0.1, -0.05) is 11.6 Å². The van der Waals surface area contributed by atoms with Crippen LogP contribution >= 0.6 is 11.6 Å². The highest BCUT2D eigenvalue weighted by molar-refractivity contribution is 7.89. The third-order valence-corrected chi connectivity index (χ3v) is 7.39. The summed E-state index contributed by atoms with van der Waals surface area (Å²) in [4.78, 5) is 30.8. The van der Waals surface area contributed by atoms with E-state index in [0.717, 1.165) is 25.9 Å². The van der Waals surface area contributed by atoms with E-state index < -0.39 is 16.1 Å². The lowest BCUT2D eigenvalue weighted by Crippen LogP contribution is -2.55. The molecule has 166 valence electrons. The fraction of sp³-hybridized carbons (Fsp3) is 0.600. The summed E-state index contributed by atoms with van der Waals surface area (Å²) >= 11 is 5.80. The fourth-order valence-corrected chi connectivity index (χ4v) is 5.12. The third kappa shape index (κ3) is 5.94. The number of carbonyl (C=O) groups is 2. The standard InChI is InChI=1S/C20H29ClN4O4S/c1-16(22-30(28,29)18-7-5-17(21)6-8-18)20(27)25-13-11-23(12-14-25)15-19(26)24-9-3-2-4-10-24/h5-8,16,22H,2-4,9-15H2,1H3/t16-/m0/s1. The number of piperidine rings is 1. The minimum Gasteiger partial charge on any atom is -0.342 e. The lowest BCUT2D eigenvalue weighted by molar-refractivity contribution is -0.136. The number of likely N-dealkylation sites (tertiary alicyclic amines) is 1.